The standard InChI is InChI=1S/C21H32N4O.HI/c1-21(2)11-14-25(16-21)20(22-3)23-12-6-9-19(26)24-13-10-17-7-4-5-8-18(17)15-24;/h4-5,7-8H,6,9-16H2,1-3H3,(H,22,23);1H. The van der Waals surface area contributed by atoms with Crippen molar-refractivity contribution in [2.24, 2.45) is 10.4 Å². The smallest absolute Gasteiger partial charge is 0.222 e. The Balaban J connectivity index is 0.00000261. The summed E-state index contributed by atoms with van der Waals surface area (Å²) >= 11 is 0. The van der Waals surface area contributed by atoms with Crippen LogP contribution >= 0.6 is 24.0 Å². The maximum absolute atomic E-state index is 12.5. The highest BCUT2D eigenvalue weighted by Crippen LogP contribution is 2.28. The van der Waals surface area contributed by atoms with E-state index >= 15 is 0 Å². The number of halogens is 1. The molecule has 0 spiro atoms. The first-order valence-corrected chi connectivity index (χ1v) is 9.79. The van der Waals surface area contributed by atoms with Crippen molar-refractivity contribution in [1.29, 1.82) is 0 Å². The normalized spacial score (nSPS) is 18.7. The van der Waals surface area contributed by atoms with E-state index in [2.05, 4.69) is 53.3 Å². The molecule has 6 heteroatoms. The van der Waals surface area contributed by atoms with Gasteiger partial charge < -0.3 is 15.1 Å². The van der Waals surface area contributed by atoms with Crippen LogP contribution < -0.4 is 5.32 Å². The van der Waals surface area contributed by atoms with Gasteiger partial charge in [0.1, 0.15) is 0 Å². The molecule has 0 aliphatic carbocycles. The molecule has 3 rings (SSSR count). The highest BCUT2D eigenvalue weighted by atomic mass is 127. The lowest BCUT2D eigenvalue weighted by Crippen LogP contribution is -2.41. The van der Waals surface area contributed by atoms with E-state index in [1.165, 1.54) is 17.5 Å². The number of benzene rings is 1. The van der Waals surface area contributed by atoms with Crippen LogP contribution in [0.2, 0.25) is 0 Å². The first-order valence-electron chi connectivity index (χ1n) is 9.79. The highest BCUT2D eigenvalue weighted by molar-refractivity contribution is 14.0. The third kappa shape index (κ3) is 5.83. The van der Waals surface area contributed by atoms with Crippen molar-refractivity contribution >= 4 is 35.8 Å². The third-order valence-corrected chi connectivity index (χ3v) is 5.52. The van der Waals surface area contributed by atoms with E-state index in [1.807, 2.05) is 11.9 Å². The summed E-state index contributed by atoms with van der Waals surface area (Å²) in [7, 11) is 1.84. The zero-order valence-electron chi connectivity index (χ0n) is 16.8. The van der Waals surface area contributed by atoms with Crippen molar-refractivity contribution in [1.82, 2.24) is 15.1 Å². The van der Waals surface area contributed by atoms with Crippen LogP contribution in [0.5, 0.6) is 0 Å². The maximum Gasteiger partial charge on any atom is 0.222 e. The molecule has 0 saturated carbocycles. The Labute approximate surface area is 180 Å². The van der Waals surface area contributed by atoms with Crippen LogP contribution in [-0.4, -0.2) is 54.9 Å². The fourth-order valence-electron chi connectivity index (χ4n) is 3.93. The number of guanidine groups is 1. The van der Waals surface area contributed by atoms with E-state index in [4.69, 9.17) is 0 Å². The van der Waals surface area contributed by atoms with Gasteiger partial charge in [0.25, 0.3) is 0 Å². The summed E-state index contributed by atoms with van der Waals surface area (Å²) < 4.78 is 0. The fourth-order valence-corrected chi connectivity index (χ4v) is 3.93. The molecule has 5 nitrogen and oxygen atoms in total. The number of carbonyl (C=O) groups is 1. The predicted octanol–water partition coefficient (Wildman–Crippen LogP) is 3.28. The summed E-state index contributed by atoms with van der Waals surface area (Å²) in [5.74, 6) is 1.23. The molecule has 1 N–H and O–H groups in total. The summed E-state index contributed by atoms with van der Waals surface area (Å²) in [6, 6.07) is 8.45. The monoisotopic (exact) mass is 484 g/mol. The average molecular weight is 484 g/mol. The van der Waals surface area contributed by atoms with Gasteiger partial charge >= 0.3 is 0 Å². The molecule has 2 aliphatic heterocycles. The van der Waals surface area contributed by atoms with Gasteiger partial charge in [-0.25, -0.2) is 0 Å². The molecular weight excluding hydrogens is 451 g/mol. The Morgan fingerprint density at radius 3 is 2.59 bits per heavy atom. The van der Waals surface area contributed by atoms with Gasteiger partial charge in [-0.1, -0.05) is 38.1 Å². The summed E-state index contributed by atoms with van der Waals surface area (Å²) in [5.41, 5.74) is 3.04. The predicted molar refractivity (Wildman–Crippen MR) is 122 cm³/mol. The molecule has 1 aromatic rings. The minimum atomic E-state index is 0. The molecule has 0 aromatic heterocycles. The second-order valence-electron chi connectivity index (χ2n) is 8.25. The molecule has 0 atom stereocenters. The Morgan fingerprint density at radius 1 is 1.19 bits per heavy atom. The number of rotatable bonds is 4. The molecule has 0 radical (unpaired) electrons. The van der Waals surface area contributed by atoms with Gasteiger partial charge in [-0.2, -0.15) is 0 Å². The molecule has 150 valence electrons. The van der Waals surface area contributed by atoms with E-state index in [-0.39, 0.29) is 29.9 Å². The first-order chi connectivity index (χ1) is 12.5. The number of hydrogen-bond acceptors (Lipinski definition) is 2. The summed E-state index contributed by atoms with van der Waals surface area (Å²) in [4.78, 5) is 21.2. The van der Waals surface area contributed by atoms with Crippen LogP contribution in [0, 0.1) is 5.41 Å². The Kier molecular flexibility index (Phi) is 7.94. The number of nitrogens with one attached hydrogen (secondary N) is 1. The number of likely N-dealkylation sites (tertiary alicyclic amines) is 1. The van der Waals surface area contributed by atoms with E-state index in [0.29, 0.717) is 11.8 Å². The first kappa shape index (κ1) is 22.0. The molecule has 0 bridgehead atoms. The maximum atomic E-state index is 12.5. The number of aliphatic imine (C=N–C) groups is 1. The van der Waals surface area contributed by atoms with E-state index in [0.717, 1.165) is 51.5 Å². The molecule has 1 saturated heterocycles. The lowest BCUT2D eigenvalue weighted by molar-refractivity contribution is -0.132. The van der Waals surface area contributed by atoms with Gasteiger partial charge in [0.05, 0.1) is 0 Å². The Bertz CT molecular complexity index is 674. The van der Waals surface area contributed by atoms with E-state index < -0.39 is 0 Å². The van der Waals surface area contributed by atoms with Gasteiger partial charge in [-0.15, -0.1) is 24.0 Å². The van der Waals surface area contributed by atoms with Crippen molar-refractivity contribution in [3.8, 4) is 0 Å². The molecule has 27 heavy (non-hydrogen) atoms. The number of nitrogens with zero attached hydrogens (tertiary/aromatic N) is 3. The molecular formula is C21H33IN4O. The number of amides is 1. The topological polar surface area (TPSA) is 47.9 Å². The summed E-state index contributed by atoms with van der Waals surface area (Å²) in [6.07, 6.45) is 3.60. The Hall–Kier alpha value is -1.31. The second kappa shape index (κ2) is 9.75. The SMILES string of the molecule is CN=C(NCCCC(=O)N1CCc2ccccc2C1)N1CCC(C)(C)C1.I. The molecule has 2 heterocycles. The molecule has 1 fully saturated rings. The van der Waals surface area contributed by atoms with Gasteiger partial charge in [0.2, 0.25) is 5.91 Å². The number of hydrogen-bond donors (Lipinski definition) is 1. The molecule has 1 amide bonds. The van der Waals surface area contributed by atoms with Crippen LogP contribution in [0.15, 0.2) is 29.3 Å². The van der Waals surface area contributed by atoms with Gasteiger partial charge in [0, 0.05) is 46.2 Å². The van der Waals surface area contributed by atoms with Crippen LogP contribution in [0.3, 0.4) is 0 Å². The molecule has 2 aliphatic rings. The van der Waals surface area contributed by atoms with Gasteiger partial charge in [0.15, 0.2) is 5.96 Å². The summed E-state index contributed by atoms with van der Waals surface area (Å²) in [5, 5.41) is 3.43. The van der Waals surface area contributed by atoms with Crippen LogP contribution in [0.1, 0.15) is 44.2 Å². The number of carbonyl (C=O) groups excluding carboxylic acids is 1. The molecule has 1 aromatic carbocycles. The third-order valence-electron chi connectivity index (χ3n) is 5.52. The van der Waals surface area contributed by atoms with Crippen LogP contribution in [0.25, 0.3) is 0 Å². The quantitative estimate of drug-likeness (QED) is 0.309. The Morgan fingerprint density at radius 2 is 1.93 bits per heavy atom. The zero-order chi connectivity index (χ0) is 18.6. The minimum absolute atomic E-state index is 0. The van der Waals surface area contributed by atoms with E-state index in [9.17, 15) is 4.79 Å². The summed E-state index contributed by atoms with van der Waals surface area (Å²) in [6.45, 7) is 9.09. The highest BCUT2D eigenvalue weighted by Gasteiger charge is 2.30. The lowest BCUT2D eigenvalue weighted by Gasteiger charge is -2.29. The van der Waals surface area contributed by atoms with Crippen LogP contribution in [0.4, 0.5) is 0 Å². The second-order valence-corrected chi connectivity index (χ2v) is 8.25. The van der Waals surface area contributed by atoms with Crippen molar-refractivity contribution in [2.75, 3.05) is 33.2 Å². The van der Waals surface area contributed by atoms with Crippen molar-refractivity contribution in [3.63, 3.8) is 0 Å². The van der Waals surface area contributed by atoms with Gasteiger partial charge in [-0.05, 0) is 35.8 Å². The molecule has 0 unspecified atom stereocenters. The number of fused-ring (bicyclic) bond motifs is 1. The zero-order valence-corrected chi connectivity index (χ0v) is 19.2. The van der Waals surface area contributed by atoms with Crippen molar-refractivity contribution in [3.05, 3.63) is 35.4 Å². The fraction of sp³-hybridized carbons (Fsp3) is 0.619. The van der Waals surface area contributed by atoms with Crippen LogP contribution in [-0.2, 0) is 17.8 Å². The largest absolute Gasteiger partial charge is 0.356 e. The minimum Gasteiger partial charge on any atom is -0.356 e. The van der Waals surface area contributed by atoms with Crippen molar-refractivity contribution < 1.29 is 4.79 Å². The average Bonchev–Trinajstić information content (AvgIpc) is 3.00. The lowest BCUT2D eigenvalue weighted by atomic mass is 9.93. The van der Waals surface area contributed by atoms with Gasteiger partial charge in [-0.3, -0.25) is 9.79 Å². The van der Waals surface area contributed by atoms with E-state index in [1.54, 1.807) is 0 Å². The van der Waals surface area contributed by atoms with Crippen molar-refractivity contribution in [2.45, 2.75) is 46.1 Å².